The fourth-order valence-electron chi connectivity index (χ4n) is 8.98. The van der Waals surface area contributed by atoms with Crippen LogP contribution in [-0.4, -0.2) is 89.8 Å². The fourth-order valence-corrected chi connectivity index (χ4v) is 10.6. The molecule has 63 heavy (non-hydrogen) atoms. The van der Waals surface area contributed by atoms with Gasteiger partial charge in [-0.2, -0.15) is 0 Å². The SMILES string of the molecule is COc1ccc2c(O[C@@H]3C[C@@H](C(=O)NC4(C(=O)NS(=O)(=O)C5(Cc6ccccc6)CC5)CC45CC5)N(C(=O)[C@@H](NC(=O)OC(C)(C)C)C(C)(C)C)C3)cc(-c3ccccc3)nc2c1. The lowest BCUT2D eigenvalue weighted by Gasteiger charge is -2.36. The zero-order valence-corrected chi connectivity index (χ0v) is 37.8. The molecule has 14 nitrogen and oxygen atoms in total. The van der Waals surface area contributed by atoms with Gasteiger partial charge in [0, 0.05) is 34.9 Å². The highest BCUT2D eigenvalue weighted by molar-refractivity contribution is 7.91. The zero-order valence-electron chi connectivity index (χ0n) is 36.9. The van der Waals surface area contributed by atoms with Gasteiger partial charge in [0.05, 0.1) is 29.6 Å². The first kappa shape index (κ1) is 43.9. The second-order valence-electron chi connectivity index (χ2n) is 19.8. The number of pyridine rings is 1. The number of rotatable bonds is 13. The quantitative estimate of drug-likeness (QED) is 0.135. The molecule has 3 N–H and O–H groups in total. The number of amides is 4. The largest absolute Gasteiger partial charge is 0.497 e. The number of benzene rings is 3. The predicted octanol–water partition coefficient (Wildman–Crippen LogP) is 6.46. The maximum Gasteiger partial charge on any atom is 0.408 e. The van der Waals surface area contributed by atoms with Crippen LogP contribution in [0.15, 0.2) is 84.9 Å². The van der Waals surface area contributed by atoms with Crippen molar-refractivity contribution >= 4 is 44.7 Å². The van der Waals surface area contributed by atoms with Crippen molar-refractivity contribution in [3.8, 4) is 22.8 Å². The number of carbonyl (C=O) groups is 4. The summed E-state index contributed by atoms with van der Waals surface area (Å²) in [6.07, 6.45) is 1.17. The van der Waals surface area contributed by atoms with Crippen LogP contribution in [0.3, 0.4) is 0 Å². The minimum Gasteiger partial charge on any atom is -0.497 e. The van der Waals surface area contributed by atoms with Crippen LogP contribution in [0.4, 0.5) is 4.79 Å². The highest BCUT2D eigenvalue weighted by atomic mass is 32.2. The third kappa shape index (κ3) is 8.81. The summed E-state index contributed by atoms with van der Waals surface area (Å²) in [4.78, 5) is 63.5. The number of nitrogens with one attached hydrogen (secondary N) is 3. The highest BCUT2D eigenvalue weighted by Gasteiger charge is 2.79. The van der Waals surface area contributed by atoms with E-state index in [1.807, 2.05) is 78.9 Å². The summed E-state index contributed by atoms with van der Waals surface area (Å²) in [6.45, 7) is 10.5. The number of methoxy groups -OCH3 is 1. The van der Waals surface area contributed by atoms with Crippen molar-refractivity contribution in [1.29, 1.82) is 0 Å². The minimum absolute atomic E-state index is 0.0324. The van der Waals surface area contributed by atoms with E-state index in [1.54, 1.807) is 54.7 Å². The third-order valence-corrected chi connectivity index (χ3v) is 15.0. The molecule has 334 valence electrons. The standard InChI is InChI=1S/C48H57N5O9S/c1-44(2,3)39(50-43(57)62-45(4,5)6)41(55)53-28-33(61-38-26-35(31-16-12-9-13-17-31)49-36-24-32(60-7)18-19-34(36)38)25-37(53)40(54)51-48(29-46(48)20-21-46)42(56)52-63(58,59)47(22-23-47)27-30-14-10-8-11-15-30/h8-19,24,26,33,37,39H,20-23,25,27-29H2,1-7H3,(H,50,57)(H,51,54)(H,52,56)/t33-,37+,39-,48?/m1/s1. The van der Waals surface area contributed by atoms with Crippen LogP contribution >= 0.6 is 0 Å². The molecule has 1 saturated heterocycles. The average molecular weight is 880 g/mol. The fraction of sp³-hybridized carbons (Fsp3) is 0.479. The van der Waals surface area contributed by atoms with E-state index in [4.69, 9.17) is 19.2 Å². The van der Waals surface area contributed by atoms with Gasteiger partial charge in [-0.15, -0.1) is 0 Å². The third-order valence-electron chi connectivity index (χ3n) is 12.9. The van der Waals surface area contributed by atoms with Crippen LogP contribution in [-0.2, 0) is 35.6 Å². The number of hydrogen-bond donors (Lipinski definition) is 3. The van der Waals surface area contributed by atoms with Crippen molar-refractivity contribution in [3.05, 3.63) is 90.5 Å². The molecule has 4 amide bonds. The molecule has 4 aromatic rings. The van der Waals surface area contributed by atoms with Crippen LogP contribution in [0.2, 0.25) is 0 Å². The van der Waals surface area contributed by atoms with Crippen LogP contribution < -0.4 is 24.8 Å². The van der Waals surface area contributed by atoms with Crippen LogP contribution in [0.5, 0.6) is 11.5 Å². The monoisotopic (exact) mass is 879 g/mol. The number of carbonyl (C=O) groups excluding carboxylic acids is 4. The lowest BCUT2D eigenvalue weighted by atomic mass is 9.85. The molecule has 8 rings (SSSR count). The van der Waals surface area contributed by atoms with Crippen LogP contribution in [0, 0.1) is 10.8 Å². The molecule has 0 radical (unpaired) electrons. The number of likely N-dealkylation sites (tertiary alicyclic amines) is 1. The normalized spacial score (nSPS) is 22.4. The summed E-state index contributed by atoms with van der Waals surface area (Å²) in [5.74, 6) is -0.834. The van der Waals surface area contributed by atoms with E-state index in [1.165, 1.54) is 4.90 Å². The van der Waals surface area contributed by atoms with E-state index in [0.717, 1.165) is 11.1 Å². The minimum atomic E-state index is -4.13. The molecule has 4 atom stereocenters. The Morgan fingerprint density at radius 3 is 2.14 bits per heavy atom. The number of fused-ring (bicyclic) bond motifs is 1. The van der Waals surface area contributed by atoms with Gasteiger partial charge in [0.1, 0.15) is 40.8 Å². The Morgan fingerprint density at radius 1 is 0.889 bits per heavy atom. The summed E-state index contributed by atoms with van der Waals surface area (Å²) in [7, 11) is -2.56. The Balaban J connectivity index is 1.10. The summed E-state index contributed by atoms with van der Waals surface area (Å²) < 4.78 is 47.0. The molecule has 15 heteroatoms. The Bertz CT molecular complexity index is 2550. The van der Waals surface area contributed by atoms with Gasteiger partial charge in [0.2, 0.25) is 21.8 Å². The number of nitrogens with zero attached hydrogens (tertiary/aromatic N) is 2. The highest BCUT2D eigenvalue weighted by Crippen LogP contribution is 2.73. The van der Waals surface area contributed by atoms with Gasteiger partial charge in [-0.05, 0) is 82.4 Å². The first-order chi connectivity index (χ1) is 29.7. The van der Waals surface area contributed by atoms with Crippen molar-refractivity contribution in [2.45, 2.75) is 121 Å². The van der Waals surface area contributed by atoms with E-state index in [9.17, 15) is 27.6 Å². The summed E-state index contributed by atoms with van der Waals surface area (Å²) >= 11 is 0. The summed E-state index contributed by atoms with van der Waals surface area (Å²) in [5, 5.41) is 6.45. The molecular formula is C48H57N5O9S. The summed E-state index contributed by atoms with van der Waals surface area (Å²) in [5.41, 5.74) is -0.754. The topological polar surface area (TPSA) is 182 Å². The number of sulfonamides is 1. The molecular weight excluding hydrogens is 823 g/mol. The first-order valence-electron chi connectivity index (χ1n) is 21.6. The Labute approximate surface area is 368 Å². The maximum atomic E-state index is 14.9. The predicted molar refractivity (Wildman–Crippen MR) is 237 cm³/mol. The molecule has 4 fully saturated rings. The lowest BCUT2D eigenvalue weighted by Crippen LogP contribution is -2.60. The first-order valence-corrected chi connectivity index (χ1v) is 23.1. The second-order valence-corrected chi connectivity index (χ2v) is 21.9. The van der Waals surface area contributed by atoms with E-state index < -0.39 is 78.7 Å². The number of hydrogen-bond acceptors (Lipinski definition) is 10. The summed E-state index contributed by atoms with van der Waals surface area (Å²) in [6, 6.07) is 23.9. The molecule has 3 aliphatic carbocycles. The molecule has 1 unspecified atom stereocenters. The smallest absolute Gasteiger partial charge is 0.408 e. The van der Waals surface area contributed by atoms with Gasteiger partial charge < -0.3 is 29.7 Å². The van der Waals surface area contributed by atoms with Gasteiger partial charge in [-0.3, -0.25) is 19.1 Å². The number of aromatic nitrogens is 1. The van der Waals surface area contributed by atoms with Gasteiger partial charge in [0.25, 0.3) is 5.91 Å². The Morgan fingerprint density at radius 2 is 1.56 bits per heavy atom. The maximum absolute atomic E-state index is 14.9. The molecule has 1 aromatic heterocycles. The number of ether oxygens (including phenoxy) is 3. The van der Waals surface area contributed by atoms with Crippen molar-refractivity contribution in [3.63, 3.8) is 0 Å². The molecule has 3 aromatic carbocycles. The molecule has 2 heterocycles. The van der Waals surface area contributed by atoms with E-state index in [2.05, 4.69) is 15.4 Å². The van der Waals surface area contributed by atoms with Gasteiger partial charge >= 0.3 is 6.09 Å². The molecule has 1 spiro atoms. The van der Waals surface area contributed by atoms with Crippen LogP contribution in [0.1, 0.15) is 85.6 Å². The van der Waals surface area contributed by atoms with Crippen LogP contribution in [0.25, 0.3) is 22.2 Å². The van der Waals surface area contributed by atoms with Crippen molar-refractivity contribution in [1.82, 2.24) is 25.2 Å². The van der Waals surface area contributed by atoms with Gasteiger partial charge in [-0.25, -0.2) is 18.2 Å². The molecule has 1 aliphatic heterocycles. The van der Waals surface area contributed by atoms with Crippen molar-refractivity contribution < 1.29 is 41.8 Å². The van der Waals surface area contributed by atoms with E-state index >= 15 is 0 Å². The van der Waals surface area contributed by atoms with Crippen molar-refractivity contribution in [2.24, 2.45) is 10.8 Å². The Hall–Kier alpha value is -5.70. The lowest BCUT2D eigenvalue weighted by molar-refractivity contribution is -0.143. The molecule has 3 saturated carbocycles. The van der Waals surface area contributed by atoms with Gasteiger partial charge in [-0.1, -0.05) is 81.4 Å². The molecule has 0 bridgehead atoms. The zero-order chi connectivity index (χ0) is 45.2. The molecule has 4 aliphatic rings. The average Bonchev–Trinajstić information content (AvgIpc) is 4.19. The second kappa shape index (κ2) is 15.8. The van der Waals surface area contributed by atoms with Gasteiger partial charge in [0.15, 0.2) is 0 Å². The van der Waals surface area contributed by atoms with Crippen molar-refractivity contribution in [2.75, 3.05) is 13.7 Å². The number of alkyl carbamates (subject to hydrolysis) is 1. The van der Waals surface area contributed by atoms with E-state index in [0.29, 0.717) is 53.8 Å². The Kier molecular flexibility index (Phi) is 11.0. The van der Waals surface area contributed by atoms with E-state index in [-0.39, 0.29) is 25.8 Å².